The van der Waals surface area contributed by atoms with Gasteiger partial charge in [0.2, 0.25) is 5.82 Å². The minimum atomic E-state index is -0.322. The maximum absolute atomic E-state index is 11.1. The van der Waals surface area contributed by atoms with E-state index in [9.17, 15) is 10.1 Å². The lowest BCUT2D eigenvalue weighted by molar-refractivity contribution is -0.672. The summed E-state index contributed by atoms with van der Waals surface area (Å²) in [5, 5.41) is 14.3. The second-order valence-corrected chi connectivity index (χ2v) is 5.45. The molecule has 106 valence electrons. The van der Waals surface area contributed by atoms with Crippen LogP contribution in [0.2, 0.25) is 0 Å². The monoisotopic (exact) mass is 283 g/mol. The van der Waals surface area contributed by atoms with Gasteiger partial charge in [-0.3, -0.25) is 20.3 Å². The molecule has 3 heterocycles. The Balaban J connectivity index is 1.72. The van der Waals surface area contributed by atoms with E-state index in [-0.39, 0.29) is 16.7 Å². The summed E-state index contributed by atoms with van der Waals surface area (Å²) in [5.41, 5.74) is 1.40. The Bertz CT molecular complexity index is 717. The van der Waals surface area contributed by atoms with Crippen molar-refractivity contribution >= 4 is 17.3 Å². The van der Waals surface area contributed by atoms with Crippen molar-refractivity contribution in [1.82, 2.24) is 0 Å². The highest BCUT2D eigenvalue weighted by atomic mass is 16.6. The maximum Gasteiger partial charge on any atom is 0.341 e. The van der Waals surface area contributed by atoms with Crippen LogP contribution in [0.1, 0.15) is 11.6 Å². The smallest absolute Gasteiger partial charge is 0.296 e. The molecule has 0 spiro atoms. The number of nitrogens with one attached hydrogen (secondary N) is 1. The maximum atomic E-state index is 11.1. The molecule has 0 fully saturated rings. The molecule has 1 aromatic heterocycles. The quantitative estimate of drug-likeness (QED) is 0.530. The van der Waals surface area contributed by atoms with Gasteiger partial charge in [-0.25, -0.2) is 4.57 Å². The molecule has 0 saturated heterocycles. The standard InChI is InChI=1S/C15H14N4O2/c20-19(21)13-6-7-14-17(9-11-4-2-1-3-5-11)10-12-8-16-15(13)18(12)14/h1-7,12H,8-10H2/p+1. The summed E-state index contributed by atoms with van der Waals surface area (Å²) in [6.07, 6.45) is 0. The summed E-state index contributed by atoms with van der Waals surface area (Å²) in [4.78, 5) is 13.1. The van der Waals surface area contributed by atoms with E-state index in [1.165, 1.54) is 5.56 Å². The van der Waals surface area contributed by atoms with E-state index < -0.39 is 0 Å². The average Bonchev–Trinajstić information content (AvgIpc) is 3.05. The first-order valence-corrected chi connectivity index (χ1v) is 7.00. The van der Waals surface area contributed by atoms with Gasteiger partial charge in [-0.05, 0) is 5.56 Å². The summed E-state index contributed by atoms with van der Waals surface area (Å²) < 4.78 is 2.07. The predicted molar refractivity (Wildman–Crippen MR) is 78.3 cm³/mol. The first-order valence-electron chi connectivity index (χ1n) is 7.00. The Morgan fingerprint density at radius 3 is 2.86 bits per heavy atom. The molecular weight excluding hydrogens is 268 g/mol. The number of aromatic nitrogens is 1. The van der Waals surface area contributed by atoms with Crippen molar-refractivity contribution in [1.29, 1.82) is 0 Å². The lowest BCUT2D eigenvalue weighted by Gasteiger charge is -2.14. The third kappa shape index (κ3) is 1.83. The fourth-order valence-electron chi connectivity index (χ4n) is 3.25. The number of nitro groups is 1. The fraction of sp³-hybridized carbons (Fsp3) is 0.267. The van der Waals surface area contributed by atoms with Gasteiger partial charge in [0.25, 0.3) is 0 Å². The topological polar surface area (TPSA) is 62.3 Å². The molecule has 6 nitrogen and oxygen atoms in total. The number of benzene rings is 1. The highest BCUT2D eigenvalue weighted by molar-refractivity contribution is 5.58. The molecule has 0 radical (unpaired) electrons. The predicted octanol–water partition coefficient (Wildman–Crippen LogP) is 1.87. The van der Waals surface area contributed by atoms with E-state index in [4.69, 9.17) is 0 Å². The van der Waals surface area contributed by atoms with E-state index in [1.54, 1.807) is 6.07 Å². The molecular formula is C15H15N4O2+. The Labute approximate surface area is 121 Å². The van der Waals surface area contributed by atoms with Gasteiger partial charge in [-0.1, -0.05) is 30.3 Å². The number of pyridine rings is 1. The third-order valence-corrected chi connectivity index (χ3v) is 4.16. The molecule has 1 aromatic carbocycles. The molecule has 21 heavy (non-hydrogen) atoms. The summed E-state index contributed by atoms with van der Waals surface area (Å²) >= 11 is 0. The van der Waals surface area contributed by atoms with Crippen LogP contribution < -0.4 is 14.8 Å². The number of hydrogen-bond acceptors (Lipinski definition) is 4. The van der Waals surface area contributed by atoms with Gasteiger partial charge >= 0.3 is 11.5 Å². The van der Waals surface area contributed by atoms with E-state index >= 15 is 0 Å². The van der Waals surface area contributed by atoms with Gasteiger partial charge in [-0.2, -0.15) is 0 Å². The normalized spacial score (nSPS) is 18.5. The summed E-state index contributed by atoms with van der Waals surface area (Å²) in [6.45, 7) is 2.47. The van der Waals surface area contributed by atoms with Gasteiger partial charge in [-0.15, -0.1) is 0 Å². The minimum Gasteiger partial charge on any atom is -0.296 e. The van der Waals surface area contributed by atoms with Crippen molar-refractivity contribution in [3.8, 4) is 0 Å². The summed E-state index contributed by atoms with van der Waals surface area (Å²) in [7, 11) is 0. The van der Waals surface area contributed by atoms with Crippen LogP contribution >= 0.6 is 0 Å². The van der Waals surface area contributed by atoms with Crippen LogP contribution in [0.25, 0.3) is 0 Å². The van der Waals surface area contributed by atoms with Crippen molar-refractivity contribution in [3.05, 3.63) is 58.1 Å². The van der Waals surface area contributed by atoms with Gasteiger partial charge in [0.15, 0.2) is 0 Å². The number of anilines is 2. The van der Waals surface area contributed by atoms with Crippen molar-refractivity contribution in [2.24, 2.45) is 0 Å². The van der Waals surface area contributed by atoms with Crippen molar-refractivity contribution in [2.45, 2.75) is 12.6 Å². The van der Waals surface area contributed by atoms with Crippen LogP contribution in [0.5, 0.6) is 0 Å². The molecule has 1 N–H and O–H groups in total. The summed E-state index contributed by atoms with van der Waals surface area (Å²) in [6, 6.07) is 14.0. The molecule has 1 atom stereocenters. The van der Waals surface area contributed by atoms with Crippen LogP contribution in [0, 0.1) is 10.1 Å². The Kier molecular flexibility index (Phi) is 2.57. The van der Waals surface area contributed by atoms with Crippen LogP contribution in [0.15, 0.2) is 42.5 Å². The van der Waals surface area contributed by atoms with E-state index in [0.29, 0.717) is 5.82 Å². The lowest BCUT2D eigenvalue weighted by Crippen LogP contribution is -2.33. The first kappa shape index (κ1) is 12.1. The van der Waals surface area contributed by atoms with Crippen LogP contribution in [0.4, 0.5) is 17.3 Å². The van der Waals surface area contributed by atoms with Crippen molar-refractivity contribution < 1.29 is 9.49 Å². The largest absolute Gasteiger partial charge is 0.341 e. The van der Waals surface area contributed by atoms with Crippen molar-refractivity contribution in [3.63, 3.8) is 0 Å². The second kappa shape index (κ2) is 4.44. The Morgan fingerprint density at radius 1 is 1.29 bits per heavy atom. The zero-order chi connectivity index (χ0) is 14.4. The lowest BCUT2D eigenvalue weighted by atomic mass is 10.2. The van der Waals surface area contributed by atoms with E-state index in [2.05, 4.69) is 26.9 Å². The zero-order valence-corrected chi connectivity index (χ0v) is 11.4. The second-order valence-electron chi connectivity index (χ2n) is 5.45. The molecule has 6 heteroatoms. The summed E-state index contributed by atoms with van der Waals surface area (Å²) in [5.74, 6) is 1.69. The van der Waals surface area contributed by atoms with Gasteiger partial charge in [0, 0.05) is 12.1 Å². The molecule has 0 amide bonds. The minimum absolute atomic E-state index is 0.155. The highest BCUT2D eigenvalue weighted by Crippen LogP contribution is 2.34. The van der Waals surface area contributed by atoms with Crippen LogP contribution in [-0.2, 0) is 6.54 Å². The average molecular weight is 283 g/mol. The van der Waals surface area contributed by atoms with Crippen molar-refractivity contribution in [2.75, 3.05) is 23.3 Å². The number of hydrogen-bond donors (Lipinski definition) is 1. The SMILES string of the molecule is O=[N+]([O-])c1ccc2[n+]3c1NCC3CN2Cc1ccccc1. The molecule has 4 rings (SSSR count). The molecule has 0 bridgehead atoms. The van der Waals surface area contributed by atoms with Gasteiger partial charge in [0.05, 0.1) is 18.0 Å². The molecule has 0 aliphatic carbocycles. The Hall–Kier alpha value is -2.63. The van der Waals surface area contributed by atoms with E-state index in [1.807, 2.05) is 24.3 Å². The number of rotatable bonds is 3. The molecule has 2 aliphatic heterocycles. The van der Waals surface area contributed by atoms with Crippen LogP contribution in [0.3, 0.4) is 0 Å². The zero-order valence-electron chi connectivity index (χ0n) is 11.4. The highest BCUT2D eigenvalue weighted by Gasteiger charge is 2.44. The molecule has 1 unspecified atom stereocenters. The molecule has 0 saturated carbocycles. The third-order valence-electron chi connectivity index (χ3n) is 4.16. The first-order chi connectivity index (χ1) is 10.2. The molecule has 2 aliphatic rings. The fourth-order valence-corrected chi connectivity index (χ4v) is 3.25. The van der Waals surface area contributed by atoms with E-state index in [0.717, 1.165) is 25.5 Å². The van der Waals surface area contributed by atoms with Gasteiger partial charge < -0.3 is 0 Å². The molecule has 2 aromatic rings. The van der Waals surface area contributed by atoms with Gasteiger partial charge in [0.1, 0.15) is 12.6 Å². The number of nitrogens with zero attached hydrogens (tertiary/aromatic N) is 3. The Morgan fingerprint density at radius 2 is 2.10 bits per heavy atom. The van der Waals surface area contributed by atoms with Crippen LogP contribution in [-0.4, -0.2) is 18.0 Å².